The summed E-state index contributed by atoms with van der Waals surface area (Å²) in [6.07, 6.45) is 2.45. The summed E-state index contributed by atoms with van der Waals surface area (Å²) in [4.78, 5) is 4.73. The molecule has 3 heteroatoms. The Morgan fingerprint density at radius 2 is 1.75 bits per heavy atom. The fraction of sp³-hybridized carbons (Fsp3) is 1.00. The largest absolute Gasteiger partial charge is 0.395 e. The van der Waals surface area contributed by atoms with E-state index >= 15 is 0 Å². The Morgan fingerprint density at radius 1 is 1.12 bits per heavy atom. The highest BCUT2D eigenvalue weighted by Gasteiger charge is 2.10. The molecule has 0 amide bonds. The zero-order chi connectivity index (χ0) is 12.6. The van der Waals surface area contributed by atoms with Gasteiger partial charge in [-0.05, 0) is 53.8 Å². The summed E-state index contributed by atoms with van der Waals surface area (Å²) in [5.74, 6) is 0. The second kappa shape index (κ2) is 8.97. The highest BCUT2D eigenvalue weighted by Crippen LogP contribution is 2.07. The highest BCUT2D eigenvalue weighted by molar-refractivity contribution is 4.66. The predicted molar refractivity (Wildman–Crippen MR) is 70.8 cm³/mol. The zero-order valence-corrected chi connectivity index (χ0v) is 11.7. The van der Waals surface area contributed by atoms with Gasteiger partial charge >= 0.3 is 0 Å². The first kappa shape index (κ1) is 15.9. The second-order valence-electron chi connectivity index (χ2n) is 4.92. The molecule has 0 radical (unpaired) electrons. The van der Waals surface area contributed by atoms with E-state index in [0.29, 0.717) is 12.1 Å². The van der Waals surface area contributed by atoms with Crippen LogP contribution in [0.2, 0.25) is 0 Å². The van der Waals surface area contributed by atoms with Crippen molar-refractivity contribution >= 4 is 0 Å². The molecule has 0 fully saturated rings. The molecule has 1 unspecified atom stereocenters. The second-order valence-corrected chi connectivity index (χ2v) is 4.92. The van der Waals surface area contributed by atoms with Crippen LogP contribution in [0.15, 0.2) is 0 Å². The maximum Gasteiger partial charge on any atom is 0.0558 e. The van der Waals surface area contributed by atoms with Crippen molar-refractivity contribution in [3.8, 4) is 0 Å². The SMILES string of the molecule is CCN(CCCC(C)N(C)CCO)C(C)C. The van der Waals surface area contributed by atoms with Gasteiger partial charge in [-0.3, -0.25) is 0 Å². The molecule has 0 aromatic rings. The van der Waals surface area contributed by atoms with Gasteiger partial charge in [-0.15, -0.1) is 0 Å². The Hall–Kier alpha value is -0.120. The molecule has 0 aliphatic rings. The minimum absolute atomic E-state index is 0.258. The molecule has 98 valence electrons. The van der Waals surface area contributed by atoms with Gasteiger partial charge < -0.3 is 14.9 Å². The summed E-state index contributed by atoms with van der Waals surface area (Å²) in [5, 5.41) is 8.86. The summed E-state index contributed by atoms with van der Waals surface area (Å²) >= 11 is 0. The number of aliphatic hydroxyl groups excluding tert-OH is 1. The van der Waals surface area contributed by atoms with E-state index in [-0.39, 0.29) is 6.61 Å². The van der Waals surface area contributed by atoms with E-state index in [1.807, 2.05) is 0 Å². The fourth-order valence-electron chi connectivity index (χ4n) is 1.97. The van der Waals surface area contributed by atoms with Crippen molar-refractivity contribution in [2.24, 2.45) is 0 Å². The molecule has 3 nitrogen and oxygen atoms in total. The quantitative estimate of drug-likeness (QED) is 0.654. The number of hydrogen-bond donors (Lipinski definition) is 1. The Bertz CT molecular complexity index is 162. The predicted octanol–water partition coefficient (Wildman–Crippen LogP) is 1.81. The molecular weight excluding hydrogens is 200 g/mol. The van der Waals surface area contributed by atoms with Crippen LogP contribution >= 0.6 is 0 Å². The Kier molecular flexibility index (Phi) is 8.90. The van der Waals surface area contributed by atoms with Crippen LogP contribution in [0.25, 0.3) is 0 Å². The first-order valence-corrected chi connectivity index (χ1v) is 6.58. The lowest BCUT2D eigenvalue weighted by Gasteiger charge is -2.27. The van der Waals surface area contributed by atoms with E-state index in [2.05, 4.69) is 44.5 Å². The van der Waals surface area contributed by atoms with Crippen molar-refractivity contribution < 1.29 is 5.11 Å². The monoisotopic (exact) mass is 230 g/mol. The number of nitrogens with zero attached hydrogens (tertiary/aromatic N) is 2. The van der Waals surface area contributed by atoms with E-state index in [0.717, 1.165) is 13.1 Å². The van der Waals surface area contributed by atoms with Gasteiger partial charge in [-0.25, -0.2) is 0 Å². The van der Waals surface area contributed by atoms with E-state index < -0.39 is 0 Å². The number of hydrogen-bond acceptors (Lipinski definition) is 3. The van der Waals surface area contributed by atoms with Crippen LogP contribution < -0.4 is 0 Å². The minimum Gasteiger partial charge on any atom is -0.395 e. The molecule has 1 atom stereocenters. The molecule has 0 aromatic heterocycles. The molecule has 0 saturated carbocycles. The first-order valence-electron chi connectivity index (χ1n) is 6.58. The lowest BCUT2D eigenvalue weighted by molar-refractivity contribution is 0.171. The molecule has 0 aromatic carbocycles. The van der Waals surface area contributed by atoms with Gasteiger partial charge in [0.25, 0.3) is 0 Å². The molecule has 0 heterocycles. The number of aliphatic hydroxyl groups is 1. The van der Waals surface area contributed by atoms with E-state index in [1.54, 1.807) is 0 Å². The molecular formula is C13H30N2O. The van der Waals surface area contributed by atoms with Crippen molar-refractivity contribution in [3.05, 3.63) is 0 Å². The van der Waals surface area contributed by atoms with Gasteiger partial charge in [0.15, 0.2) is 0 Å². The van der Waals surface area contributed by atoms with Crippen molar-refractivity contribution in [2.75, 3.05) is 33.3 Å². The zero-order valence-electron chi connectivity index (χ0n) is 11.7. The highest BCUT2D eigenvalue weighted by atomic mass is 16.3. The molecule has 0 aliphatic heterocycles. The minimum atomic E-state index is 0.258. The van der Waals surface area contributed by atoms with Crippen LogP contribution in [-0.2, 0) is 0 Å². The van der Waals surface area contributed by atoms with Crippen LogP contribution in [-0.4, -0.2) is 60.3 Å². The Balaban J connectivity index is 3.71. The summed E-state index contributed by atoms with van der Waals surface area (Å²) in [6, 6.07) is 1.22. The molecule has 1 N–H and O–H groups in total. The summed E-state index contributed by atoms with van der Waals surface area (Å²) < 4.78 is 0. The number of rotatable bonds is 9. The van der Waals surface area contributed by atoms with Crippen molar-refractivity contribution in [1.82, 2.24) is 9.80 Å². The van der Waals surface area contributed by atoms with Gasteiger partial charge in [-0.2, -0.15) is 0 Å². The third-order valence-corrected chi connectivity index (χ3v) is 3.41. The van der Waals surface area contributed by atoms with E-state index in [9.17, 15) is 0 Å². The first-order chi connectivity index (χ1) is 7.52. The smallest absolute Gasteiger partial charge is 0.0558 e. The van der Waals surface area contributed by atoms with E-state index in [1.165, 1.54) is 19.4 Å². The van der Waals surface area contributed by atoms with Gasteiger partial charge in [0.2, 0.25) is 0 Å². The third-order valence-electron chi connectivity index (χ3n) is 3.41. The van der Waals surface area contributed by atoms with Gasteiger partial charge in [0.1, 0.15) is 0 Å². The maximum absolute atomic E-state index is 8.86. The van der Waals surface area contributed by atoms with E-state index in [4.69, 9.17) is 5.11 Å². The topological polar surface area (TPSA) is 26.7 Å². The molecule has 0 aliphatic carbocycles. The van der Waals surface area contributed by atoms with Gasteiger partial charge in [0.05, 0.1) is 6.61 Å². The lowest BCUT2D eigenvalue weighted by Crippen LogP contribution is -2.34. The summed E-state index contributed by atoms with van der Waals surface area (Å²) in [5.41, 5.74) is 0. The van der Waals surface area contributed by atoms with Crippen LogP contribution in [0, 0.1) is 0 Å². The normalized spacial score (nSPS) is 14.1. The Morgan fingerprint density at radius 3 is 2.19 bits per heavy atom. The Labute approximate surface area is 101 Å². The van der Waals surface area contributed by atoms with Crippen LogP contribution in [0.4, 0.5) is 0 Å². The van der Waals surface area contributed by atoms with Crippen molar-refractivity contribution in [1.29, 1.82) is 0 Å². The molecule has 0 rings (SSSR count). The van der Waals surface area contributed by atoms with Gasteiger partial charge in [0, 0.05) is 18.6 Å². The molecule has 0 saturated heterocycles. The number of likely N-dealkylation sites (N-methyl/N-ethyl adjacent to an activating group) is 1. The fourth-order valence-corrected chi connectivity index (χ4v) is 1.97. The average molecular weight is 230 g/mol. The summed E-state index contributed by atoms with van der Waals surface area (Å²) in [7, 11) is 2.08. The van der Waals surface area contributed by atoms with Crippen LogP contribution in [0.5, 0.6) is 0 Å². The molecule has 16 heavy (non-hydrogen) atoms. The molecule has 0 spiro atoms. The van der Waals surface area contributed by atoms with Gasteiger partial charge in [-0.1, -0.05) is 6.92 Å². The summed E-state index contributed by atoms with van der Waals surface area (Å²) in [6.45, 7) is 12.3. The van der Waals surface area contributed by atoms with Crippen LogP contribution in [0.1, 0.15) is 40.5 Å². The average Bonchev–Trinajstić information content (AvgIpc) is 2.23. The molecule has 0 bridgehead atoms. The van der Waals surface area contributed by atoms with Crippen molar-refractivity contribution in [2.45, 2.75) is 52.6 Å². The maximum atomic E-state index is 8.86. The third kappa shape index (κ3) is 6.46. The van der Waals surface area contributed by atoms with Crippen molar-refractivity contribution in [3.63, 3.8) is 0 Å². The lowest BCUT2D eigenvalue weighted by atomic mass is 10.1. The standard InChI is InChI=1S/C13H30N2O/c1-6-15(12(2)3)9-7-8-13(4)14(5)10-11-16/h12-13,16H,6-11H2,1-5H3. The van der Waals surface area contributed by atoms with Crippen LogP contribution in [0.3, 0.4) is 0 Å².